The maximum Gasteiger partial charge on any atom is 0.251 e. The molecule has 4 heteroatoms. The first-order chi connectivity index (χ1) is 7.51. The van der Waals surface area contributed by atoms with Crippen molar-refractivity contribution in [1.82, 2.24) is 6.15 Å². The van der Waals surface area contributed by atoms with Crippen molar-refractivity contribution in [3.8, 4) is 0 Å². The first-order valence-electron chi connectivity index (χ1n) is 6.26. The largest absolute Gasteiger partial charge is 0.553 e. The van der Waals surface area contributed by atoms with Gasteiger partial charge >= 0.3 is 0 Å². The lowest BCUT2D eigenvalue weighted by Gasteiger charge is -1.92. The SMILES string of the molecule is CC.CCC.CCC.CCC.COC(=O)[O-].N. The molecule has 0 aromatic rings. The normalized spacial score (nSPS) is 5.47. The predicted octanol–water partition coefficient (Wildman–Crippen LogP) is 4.41. The second-order valence-corrected chi connectivity index (χ2v) is 2.58. The van der Waals surface area contributed by atoms with E-state index in [1.54, 1.807) is 0 Å². The Morgan fingerprint density at radius 2 is 0.941 bits per heavy atom. The van der Waals surface area contributed by atoms with Gasteiger partial charge in [0.15, 0.2) is 0 Å². The van der Waals surface area contributed by atoms with E-state index >= 15 is 0 Å². The third kappa shape index (κ3) is 1760. The predicted molar refractivity (Wildman–Crippen MR) is 76.7 cm³/mol. The Balaban J connectivity index is -0.0000000228. The van der Waals surface area contributed by atoms with E-state index in [1.165, 1.54) is 19.3 Å². The van der Waals surface area contributed by atoms with Crippen molar-refractivity contribution in [2.24, 2.45) is 0 Å². The zero-order valence-electron chi connectivity index (χ0n) is 13.6. The van der Waals surface area contributed by atoms with Gasteiger partial charge in [0.05, 0.1) is 0 Å². The molecule has 0 aliphatic heterocycles. The number of carboxylic acid groups (broad SMARTS) is 1. The molecule has 0 saturated carbocycles. The van der Waals surface area contributed by atoms with Crippen LogP contribution in [0.3, 0.4) is 0 Å². The minimum absolute atomic E-state index is 0. The monoisotopic (exact) mass is 254 g/mol. The Hall–Kier alpha value is -0.770. The number of ether oxygens (including phenoxy) is 1. The highest BCUT2D eigenvalue weighted by Gasteiger charge is 1.63. The summed E-state index contributed by atoms with van der Waals surface area (Å²) in [7, 11) is 1.04. The van der Waals surface area contributed by atoms with Crippen molar-refractivity contribution >= 4 is 6.16 Å². The van der Waals surface area contributed by atoms with Gasteiger partial charge in [0.1, 0.15) is 0 Å². The van der Waals surface area contributed by atoms with E-state index in [2.05, 4.69) is 46.3 Å². The Bertz CT molecular complexity index is 74.3. The second kappa shape index (κ2) is 79.5. The molecule has 17 heavy (non-hydrogen) atoms. The summed E-state index contributed by atoms with van der Waals surface area (Å²) < 4.78 is 3.56. The van der Waals surface area contributed by atoms with Crippen molar-refractivity contribution in [2.75, 3.05) is 7.11 Å². The van der Waals surface area contributed by atoms with E-state index in [-0.39, 0.29) is 6.15 Å². The Kier molecular flexibility index (Phi) is 168. The van der Waals surface area contributed by atoms with Gasteiger partial charge in [-0.3, -0.25) is 0 Å². The summed E-state index contributed by atoms with van der Waals surface area (Å²) in [6, 6.07) is 0. The first-order valence-corrected chi connectivity index (χ1v) is 6.26. The number of rotatable bonds is 0. The van der Waals surface area contributed by atoms with Crippen LogP contribution in [0.4, 0.5) is 4.79 Å². The summed E-state index contributed by atoms with van der Waals surface area (Å²) in [6.45, 7) is 16.8. The van der Waals surface area contributed by atoms with Crippen molar-refractivity contribution < 1.29 is 14.6 Å². The van der Waals surface area contributed by atoms with Crippen molar-refractivity contribution in [3.63, 3.8) is 0 Å². The fourth-order valence-electron chi connectivity index (χ4n) is 0. The molecule has 0 aromatic carbocycles. The molecule has 0 unspecified atom stereocenters. The molecule has 0 aliphatic carbocycles. The minimum atomic E-state index is -1.50. The number of carbonyl (C=O) groups is 1. The number of methoxy groups -OCH3 is 1. The van der Waals surface area contributed by atoms with Crippen molar-refractivity contribution in [2.45, 2.75) is 74.7 Å². The maximum atomic E-state index is 9.03. The van der Waals surface area contributed by atoms with Crippen LogP contribution in [0.25, 0.3) is 0 Å². The summed E-state index contributed by atoms with van der Waals surface area (Å²) in [5.41, 5.74) is 0. The molecule has 0 aromatic heterocycles. The van der Waals surface area contributed by atoms with Crippen LogP contribution in [0.1, 0.15) is 74.7 Å². The first kappa shape index (κ1) is 36.0. The Morgan fingerprint density at radius 3 is 0.941 bits per heavy atom. The fraction of sp³-hybridized carbons (Fsp3) is 0.923. The van der Waals surface area contributed by atoms with Crippen LogP contribution in [-0.4, -0.2) is 13.3 Å². The van der Waals surface area contributed by atoms with Crippen molar-refractivity contribution in [1.29, 1.82) is 0 Å². The van der Waals surface area contributed by atoms with E-state index in [0.717, 1.165) is 7.11 Å². The molecule has 0 fully saturated rings. The van der Waals surface area contributed by atoms with E-state index in [4.69, 9.17) is 9.90 Å². The molecule has 0 saturated heterocycles. The standard InChI is InChI=1S/3C3H8.C2H4O3.C2H6.H3N/c3*1-3-2;1-5-2(3)4;1-2;/h3*3H2,1-2H3;1H3,(H,3,4);1-2H3;1H3/p-1. The quantitative estimate of drug-likeness (QED) is 0.649. The van der Waals surface area contributed by atoms with Crippen LogP contribution in [0.15, 0.2) is 0 Å². The summed E-state index contributed by atoms with van der Waals surface area (Å²) in [5, 5.41) is 9.03. The smallest absolute Gasteiger partial charge is 0.251 e. The Labute approximate surface area is 109 Å². The highest BCUT2D eigenvalue weighted by Crippen LogP contribution is 1.57. The van der Waals surface area contributed by atoms with Gasteiger partial charge < -0.3 is 20.8 Å². The third-order valence-electron chi connectivity index (χ3n) is 0.167. The summed E-state index contributed by atoms with van der Waals surface area (Å²) in [4.78, 5) is 9.03. The van der Waals surface area contributed by atoms with Gasteiger partial charge in [-0.25, -0.2) is 0 Å². The molecule has 0 spiro atoms. The molecule has 0 atom stereocenters. The molecule has 0 amide bonds. The maximum absolute atomic E-state index is 9.03. The summed E-state index contributed by atoms with van der Waals surface area (Å²) in [5.74, 6) is 0. The molecule has 0 radical (unpaired) electrons. The van der Waals surface area contributed by atoms with Gasteiger partial charge in [0.2, 0.25) is 0 Å². The molecule has 112 valence electrons. The van der Waals surface area contributed by atoms with Gasteiger partial charge in [-0.1, -0.05) is 74.7 Å². The van der Waals surface area contributed by atoms with Gasteiger partial charge in [-0.2, -0.15) is 0 Å². The number of hydrogen-bond donors (Lipinski definition) is 1. The van der Waals surface area contributed by atoms with E-state index in [0.29, 0.717) is 0 Å². The molecule has 0 heterocycles. The van der Waals surface area contributed by atoms with Crippen LogP contribution in [-0.2, 0) is 4.74 Å². The fourth-order valence-corrected chi connectivity index (χ4v) is 0. The van der Waals surface area contributed by atoms with Gasteiger partial charge in [0.25, 0.3) is 6.16 Å². The minimum Gasteiger partial charge on any atom is -0.553 e. The third-order valence-corrected chi connectivity index (χ3v) is 0.167. The average molecular weight is 254 g/mol. The topological polar surface area (TPSA) is 84.4 Å². The summed E-state index contributed by atoms with van der Waals surface area (Å²) in [6.07, 6.45) is 2.25. The van der Waals surface area contributed by atoms with Crippen LogP contribution < -0.4 is 11.3 Å². The molecule has 0 bridgehead atoms. The Morgan fingerprint density at radius 1 is 0.882 bits per heavy atom. The van der Waals surface area contributed by atoms with Crippen molar-refractivity contribution in [3.05, 3.63) is 0 Å². The number of carbonyl (C=O) groups excluding carboxylic acids is 1. The van der Waals surface area contributed by atoms with Crippen LogP contribution in [0.5, 0.6) is 0 Å². The molecular weight excluding hydrogens is 218 g/mol. The zero-order valence-corrected chi connectivity index (χ0v) is 13.6. The molecule has 4 nitrogen and oxygen atoms in total. The average Bonchev–Trinajstić information content (AvgIpc) is 2.24. The second-order valence-electron chi connectivity index (χ2n) is 2.58. The van der Waals surface area contributed by atoms with E-state index < -0.39 is 6.16 Å². The van der Waals surface area contributed by atoms with E-state index in [9.17, 15) is 0 Å². The summed E-state index contributed by atoms with van der Waals surface area (Å²) >= 11 is 0. The van der Waals surface area contributed by atoms with Gasteiger partial charge in [-0.05, 0) is 0 Å². The number of hydrogen-bond acceptors (Lipinski definition) is 4. The van der Waals surface area contributed by atoms with Gasteiger partial charge in [0, 0.05) is 7.11 Å². The molecule has 0 rings (SSSR count). The van der Waals surface area contributed by atoms with E-state index in [1.807, 2.05) is 13.8 Å². The molecule has 3 N–H and O–H groups in total. The van der Waals surface area contributed by atoms with Crippen LogP contribution >= 0.6 is 0 Å². The lowest BCUT2D eigenvalue weighted by molar-refractivity contribution is -0.279. The van der Waals surface area contributed by atoms with Crippen LogP contribution in [0, 0.1) is 0 Å². The zero-order chi connectivity index (χ0) is 14.4. The molecule has 0 aliphatic rings. The van der Waals surface area contributed by atoms with Gasteiger partial charge in [-0.15, -0.1) is 0 Å². The lowest BCUT2D eigenvalue weighted by atomic mass is 10.6. The lowest BCUT2D eigenvalue weighted by Crippen LogP contribution is -2.21. The van der Waals surface area contributed by atoms with Crippen LogP contribution in [0.2, 0.25) is 0 Å². The highest BCUT2D eigenvalue weighted by atomic mass is 16.6. The highest BCUT2D eigenvalue weighted by molar-refractivity contribution is 5.53. The molecular formula is C13H36NO3-.